The number of nitrogens with one attached hydrogen (secondary N) is 1. The molecule has 0 heterocycles. The molecule has 0 fully saturated rings. The fourth-order valence-electron chi connectivity index (χ4n) is 2.52. The van der Waals surface area contributed by atoms with Crippen LogP contribution < -0.4 is 14.8 Å². The van der Waals surface area contributed by atoms with E-state index < -0.39 is 0 Å². The van der Waals surface area contributed by atoms with Crippen molar-refractivity contribution < 1.29 is 14.3 Å². The average Bonchev–Trinajstić information content (AvgIpc) is 2.62. The largest absolute Gasteiger partial charge is 0.490 e. The van der Waals surface area contributed by atoms with E-state index in [1.165, 1.54) is 11.1 Å². The summed E-state index contributed by atoms with van der Waals surface area (Å²) in [5.74, 6) is 2.78. The van der Waals surface area contributed by atoms with E-state index in [2.05, 4.69) is 30.4 Å². The summed E-state index contributed by atoms with van der Waals surface area (Å²) >= 11 is 1.62. The molecule has 1 amide bonds. The van der Waals surface area contributed by atoms with Crippen molar-refractivity contribution in [2.24, 2.45) is 0 Å². The second-order valence-corrected chi connectivity index (χ2v) is 6.89. The number of rotatable bonds is 10. The topological polar surface area (TPSA) is 47.6 Å². The number of carbonyl (C=O) groups is 1. The van der Waals surface area contributed by atoms with Crippen LogP contribution in [0.25, 0.3) is 0 Å². The van der Waals surface area contributed by atoms with Crippen molar-refractivity contribution >= 4 is 17.7 Å². The Labute approximate surface area is 160 Å². The molecule has 4 nitrogen and oxygen atoms in total. The molecule has 5 heteroatoms. The summed E-state index contributed by atoms with van der Waals surface area (Å²) in [5, 5.41) is 2.96. The predicted octanol–water partition coefficient (Wildman–Crippen LogP) is 4.34. The van der Waals surface area contributed by atoms with Gasteiger partial charge in [-0.2, -0.15) is 0 Å². The van der Waals surface area contributed by atoms with Gasteiger partial charge < -0.3 is 14.8 Å². The van der Waals surface area contributed by atoms with Crippen molar-refractivity contribution in [1.29, 1.82) is 0 Å². The molecule has 0 bridgehead atoms. The number of amides is 1. The fraction of sp³-hybridized carbons (Fsp3) is 0.381. The van der Waals surface area contributed by atoms with Gasteiger partial charge in [-0.15, -0.1) is 11.8 Å². The van der Waals surface area contributed by atoms with Crippen LogP contribution in [0.5, 0.6) is 11.5 Å². The summed E-state index contributed by atoms with van der Waals surface area (Å²) in [6, 6.07) is 14.1. The molecule has 0 atom stereocenters. The Morgan fingerprint density at radius 1 is 1.00 bits per heavy atom. The summed E-state index contributed by atoms with van der Waals surface area (Å²) in [4.78, 5) is 12.1. The van der Waals surface area contributed by atoms with Gasteiger partial charge in [0.1, 0.15) is 0 Å². The summed E-state index contributed by atoms with van der Waals surface area (Å²) in [5.41, 5.74) is 3.48. The summed E-state index contributed by atoms with van der Waals surface area (Å²) < 4.78 is 11.2. The van der Waals surface area contributed by atoms with Crippen LogP contribution in [0, 0.1) is 6.92 Å². The van der Waals surface area contributed by atoms with Crippen molar-refractivity contribution in [3.8, 4) is 11.5 Å². The van der Waals surface area contributed by atoms with Crippen LogP contribution in [0.4, 0.5) is 0 Å². The van der Waals surface area contributed by atoms with Gasteiger partial charge >= 0.3 is 0 Å². The SMILES string of the molecule is CCOc1ccc(CNC(=O)CSCc2cccc(C)c2)cc1OCC. The van der Waals surface area contributed by atoms with E-state index in [0.717, 1.165) is 22.8 Å². The molecule has 0 aromatic heterocycles. The Balaban J connectivity index is 1.80. The van der Waals surface area contributed by atoms with Gasteiger partial charge in [-0.25, -0.2) is 0 Å². The van der Waals surface area contributed by atoms with Crippen LogP contribution >= 0.6 is 11.8 Å². The fourth-order valence-corrected chi connectivity index (χ4v) is 3.33. The lowest BCUT2D eigenvalue weighted by Gasteiger charge is -2.13. The third kappa shape index (κ3) is 6.64. The normalized spacial score (nSPS) is 10.4. The van der Waals surface area contributed by atoms with Crippen molar-refractivity contribution in [3.05, 3.63) is 59.2 Å². The summed E-state index contributed by atoms with van der Waals surface area (Å²) in [6.07, 6.45) is 0. The Bertz CT molecular complexity index is 718. The lowest BCUT2D eigenvalue weighted by Crippen LogP contribution is -2.24. The van der Waals surface area contributed by atoms with E-state index in [4.69, 9.17) is 9.47 Å². The van der Waals surface area contributed by atoms with E-state index in [1.54, 1.807) is 11.8 Å². The van der Waals surface area contributed by atoms with E-state index >= 15 is 0 Å². The summed E-state index contributed by atoms with van der Waals surface area (Å²) in [7, 11) is 0. The highest BCUT2D eigenvalue weighted by molar-refractivity contribution is 7.99. The molecule has 0 aliphatic heterocycles. The van der Waals surface area contributed by atoms with Crippen LogP contribution in [-0.2, 0) is 17.1 Å². The first-order valence-electron chi connectivity index (χ1n) is 8.90. The standard InChI is InChI=1S/C21H27NO3S/c1-4-24-19-10-9-17(12-20(19)25-5-2)13-22-21(23)15-26-14-18-8-6-7-16(3)11-18/h6-12H,4-5,13-15H2,1-3H3,(H,22,23). The average molecular weight is 374 g/mol. The Morgan fingerprint density at radius 2 is 1.77 bits per heavy atom. The number of hydrogen-bond acceptors (Lipinski definition) is 4. The van der Waals surface area contributed by atoms with Gasteiger partial charge in [0, 0.05) is 12.3 Å². The predicted molar refractivity (Wildman–Crippen MR) is 108 cm³/mol. The number of ether oxygens (including phenoxy) is 2. The number of aryl methyl sites for hydroxylation is 1. The van der Waals surface area contributed by atoms with Crippen molar-refractivity contribution in [2.75, 3.05) is 19.0 Å². The number of hydrogen-bond donors (Lipinski definition) is 1. The van der Waals surface area contributed by atoms with E-state index in [-0.39, 0.29) is 5.91 Å². The minimum Gasteiger partial charge on any atom is -0.490 e. The van der Waals surface area contributed by atoms with Gasteiger partial charge in [-0.1, -0.05) is 35.9 Å². The first-order valence-corrected chi connectivity index (χ1v) is 10.1. The van der Waals surface area contributed by atoms with E-state index in [1.807, 2.05) is 38.1 Å². The van der Waals surface area contributed by atoms with Crippen molar-refractivity contribution in [2.45, 2.75) is 33.1 Å². The third-order valence-corrected chi connectivity index (χ3v) is 4.69. The molecular weight excluding hydrogens is 346 g/mol. The molecule has 0 aliphatic rings. The van der Waals surface area contributed by atoms with Gasteiger partial charge in [0.15, 0.2) is 11.5 Å². The Hall–Kier alpha value is -2.14. The maximum Gasteiger partial charge on any atom is 0.230 e. The molecule has 0 aliphatic carbocycles. The molecular formula is C21H27NO3S. The molecule has 26 heavy (non-hydrogen) atoms. The van der Waals surface area contributed by atoms with E-state index in [0.29, 0.717) is 25.5 Å². The lowest BCUT2D eigenvalue weighted by atomic mass is 10.2. The van der Waals surface area contributed by atoms with Crippen LogP contribution in [0.1, 0.15) is 30.5 Å². The number of benzene rings is 2. The molecule has 0 unspecified atom stereocenters. The zero-order valence-corrected chi connectivity index (χ0v) is 16.5. The first kappa shape index (κ1) is 20.2. The van der Waals surface area contributed by atoms with Gasteiger partial charge in [0.25, 0.3) is 0 Å². The molecule has 0 saturated heterocycles. The highest BCUT2D eigenvalue weighted by Crippen LogP contribution is 2.28. The highest BCUT2D eigenvalue weighted by atomic mass is 32.2. The molecule has 0 radical (unpaired) electrons. The molecule has 2 aromatic rings. The molecule has 0 saturated carbocycles. The lowest BCUT2D eigenvalue weighted by molar-refractivity contribution is -0.118. The maximum absolute atomic E-state index is 12.1. The maximum atomic E-state index is 12.1. The quantitative estimate of drug-likeness (QED) is 0.673. The Kier molecular flexibility index (Phi) is 8.35. The van der Waals surface area contributed by atoms with Crippen LogP contribution in [0.3, 0.4) is 0 Å². The van der Waals surface area contributed by atoms with E-state index in [9.17, 15) is 4.79 Å². The summed E-state index contributed by atoms with van der Waals surface area (Å²) in [6.45, 7) is 7.61. The minimum atomic E-state index is 0.0366. The van der Waals surface area contributed by atoms with Gasteiger partial charge in [0.2, 0.25) is 5.91 Å². The van der Waals surface area contributed by atoms with Crippen molar-refractivity contribution in [1.82, 2.24) is 5.32 Å². The number of carbonyl (C=O) groups excluding carboxylic acids is 1. The second kappa shape index (κ2) is 10.8. The molecule has 140 valence electrons. The number of thioether (sulfide) groups is 1. The Morgan fingerprint density at radius 3 is 2.50 bits per heavy atom. The molecule has 2 rings (SSSR count). The minimum absolute atomic E-state index is 0.0366. The second-order valence-electron chi connectivity index (χ2n) is 5.91. The zero-order chi connectivity index (χ0) is 18.8. The molecule has 2 aromatic carbocycles. The van der Waals surface area contributed by atoms with Gasteiger partial charge in [0.05, 0.1) is 19.0 Å². The molecule has 1 N–H and O–H groups in total. The van der Waals surface area contributed by atoms with Crippen LogP contribution in [-0.4, -0.2) is 24.9 Å². The van der Waals surface area contributed by atoms with Crippen molar-refractivity contribution in [3.63, 3.8) is 0 Å². The van der Waals surface area contributed by atoms with Gasteiger partial charge in [-0.05, 0) is 44.0 Å². The smallest absolute Gasteiger partial charge is 0.230 e. The highest BCUT2D eigenvalue weighted by Gasteiger charge is 2.08. The van der Waals surface area contributed by atoms with Crippen LogP contribution in [0.2, 0.25) is 0 Å². The zero-order valence-electron chi connectivity index (χ0n) is 15.7. The van der Waals surface area contributed by atoms with Gasteiger partial charge in [-0.3, -0.25) is 4.79 Å². The first-order chi connectivity index (χ1) is 12.6. The molecule has 0 spiro atoms. The third-order valence-electron chi connectivity index (χ3n) is 3.68. The van der Waals surface area contributed by atoms with Crippen LogP contribution in [0.15, 0.2) is 42.5 Å². The monoisotopic (exact) mass is 373 g/mol.